The maximum atomic E-state index is 13.1. The van der Waals surface area contributed by atoms with E-state index in [0.717, 1.165) is 44.5 Å². The van der Waals surface area contributed by atoms with Crippen molar-refractivity contribution in [3.63, 3.8) is 0 Å². The molecule has 0 aromatic heterocycles. The number of ether oxygens (including phenoxy) is 1. The van der Waals surface area contributed by atoms with Crippen LogP contribution in [-0.2, 0) is 4.74 Å². The van der Waals surface area contributed by atoms with E-state index in [9.17, 15) is 9.18 Å². The number of carbonyl (C=O) groups is 1. The zero-order chi connectivity index (χ0) is 13.0. The molecule has 1 aromatic carbocycles. The van der Waals surface area contributed by atoms with Crippen LogP contribution in [0.25, 0.3) is 0 Å². The van der Waals surface area contributed by atoms with E-state index in [1.165, 1.54) is 12.1 Å². The first-order chi connectivity index (χ1) is 8.74. The molecular formula is C14H18FNO2. The molecule has 0 saturated carbocycles. The fraction of sp³-hybridized carbons (Fsp3) is 0.500. The first kappa shape index (κ1) is 13.0. The molecule has 18 heavy (non-hydrogen) atoms. The monoisotopic (exact) mass is 251 g/mol. The van der Waals surface area contributed by atoms with Crippen molar-refractivity contribution in [2.45, 2.75) is 12.8 Å². The Balaban J connectivity index is 2.07. The summed E-state index contributed by atoms with van der Waals surface area (Å²) < 4.78 is 18.2. The summed E-state index contributed by atoms with van der Waals surface area (Å²) in [6.07, 6.45) is 2.81. The van der Waals surface area contributed by atoms with Crippen molar-refractivity contribution in [2.24, 2.45) is 5.92 Å². The number of anilines is 1. The molecule has 1 aliphatic rings. The third kappa shape index (κ3) is 2.88. The molecule has 2 rings (SSSR count). The fourth-order valence-corrected chi connectivity index (χ4v) is 2.48. The molecule has 1 aromatic rings. The van der Waals surface area contributed by atoms with Crippen molar-refractivity contribution in [3.8, 4) is 0 Å². The lowest BCUT2D eigenvalue weighted by Crippen LogP contribution is -2.35. The van der Waals surface area contributed by atoms with Crippen LogP contribution in [0.2, 0.25) is 0 Å². The minimum atomic E-state index is -0.366. The van der Waals surface area contributed by atoms with Gasteiger partial charge in [0.05, 0.1) is 0 Å². The summed E-state index contributed by atoms with van der Waals surface area (Å²) in [6, 6.07) is 4.39. The van der Waals surface area contributed by atoms with Crippen LogP contribution >= 0.6 is 0 Å². The first-order valence-electron chi connectivity index (χ1n) is 6.23. The van der Waals surface area contributed by atoms with Crippen LogP contribution < -0.4 is 4.90 Å². The maximum absolute atomic E-state index is 13.1. The van der Waals surface area contributed by atoms with E-state index in [4.69, 9.17) is 4.74 Å². The van der Waals surface area contributed by atoms with Crippen LogP contribution in [0.4, 0.5) is 10.1 Å². The molecule has 1 aliphatic heterocycles. The van der Waals surface area contributed by atoms with E-state index in [-0.39, 0.29) is 5.82 Å². The average Bonchev–Trinajstić information content (AvgIpc) is 2.40. The van der Waals surface area contributed by atoms with Gasteiger partial charge in [-0.3, -0.25) is 4.79 Å². The Morgan fingerprint density at radius 3 is 2.78 bits per heavy atom. The molecule has 0 N–H and O–H groups in total. The van der Waals surface area contributed by atoms with Crippen molar-refractivity contribution in [1.29, 1.82) is 0 Å². The molecule has 0 radical (unpaired) electrons. The average molecular weight is 251 g/mol. The fourth-order valence-electron chi connectivity index (χ4n) is 2.48. The molecule has 0 atom stereocenters. The van der Waals surface area contributed by atoms with Crippen molar-refractivity contribution in [3.05, 3.63) is 29.6 Å². The van der Waals surface area contributed by atoms with Crippen molar-refractivity contribution < 1.29 is 13.9 Å². The van der Waals surface area contributed by atoms with Crippen molar-refractivity contribution in [1.82, 2.24) is 0 Å². The lowest BCUT2D eigenvalue weighted by atomic mass is 9.97. The van der Waals surface area contributed by atoms with Gasteiger partial charge < -0.3 is 9.64 Å². The van der Waals surface area contributed by atoms with Crippen LogP contribution in [0, 0.1) is 11.7 Å². The number of hydrogen-bond donors (Lipinski definition) is 0. The SMILES string of the molecule is COCC1CCN(c2ccc(F)cc2C=O)CC1. The van der Waals surface area contributed by atoms with Gasteiger partial charge in [0, 0.05) is 38.1 Å². The van der Waals surface area contributed by atoms with Gasteiger partial charge in [0.25, 0.3) is 0 Å². The Hall–Kier alpha value is -1.42. The summed E-state index contributed by atoms with van der Waals surface area (Å²) in [5, 5.41) is 0. The highest BCUT2D eigenvalue weighted by molar-refractivity contribution is 5.84. The lowest BCUT2D eigenvalue weighted by Gasteiger charge is -2.34. The van der Waals surface area contributed by atoms with Crippen LogP contribution in [-0.4, -0.2) is 33.1 Å². The van der Waals surface area contributed by atoms with Gasteiger partial charge in [0.1, 0.15) is 5.82 Å². The Labute approximate surface area is 107 Å². The number of methoxy groups -OCH3 is 1. The predicted octanol–water partition coefficient (Wildman–Crippen LogP) is 2.50. The van der Waals surface area contributed by atoms with Gasteiger partial charge in [-0.1, -0.05) is 0 Å². The third-order valence-corrected chi connectivity index (χ3v) is 3.47. The number of rotatable bonds is 4. The number of piperidine rings is 1. The van der Waals surface area contributed by atoms with Crippen LogP contribution in [0.5, 0.6) is 0 Å². The molecule has 1 heterocycles. The molecule has 1 fully saturated rings. The second-order valence-corrected chi connectivity index (χ2v) is 4.71. The molecular weight excluding hydrogens is 233 g/mol. The minimum absolute atomic E-state index is 0.366. The summed E-state index contributed by atoms with van der Waals surface area (Å²) >= 11 is 0. The zero-order valence-electron chi connectivity index (χ0n) is 10.6. The maximum Gasteiger partial charge on any atom is 0.152 e. The number of nitrogens with zero attached hydrogens (tertiary/aromatic N) is 1. The van der Waals surface area contributed by atoms with E-state index in [0.29, 0.717) is 11.5 Å². The standard InChI is InChI=1S/C14H18FNO2/c1-18-10-11-4-6-16(7-5-11)14-3-2-13(15)8-12(14)9-17/h2-3,8-9,11H,4-7,10H2,1H3. The van der Waals surface area contributed by atoms with E-state index in [1.807, 2.05) is 0 Å². The second-order valence-electron chi connectivity index (χ2n) is 4.71. The molecule has 0 amide bonds. The van der Waals surface area contributed by atoms with Gasteiger partial charge in [-0.05, 0) is 37.0 Å². The number of carbonyl (C=O) groups excluding carboxylic acids is 1. The van der Waals surface area contributed by atoms with E-state index in [1.54, 1.807) is 13.2 Å². The quantitative estimate of drug-likeness (QED) is 0.770. The third-order valence-electron chi connectivity index (χ3n) is 3.47. The highest BCUT2D eigenvalue weighted by Crippen LogP contribution is 2.26. The summed E-state index contributed by atoms with van der Waals surface area (Å²) in [5.41, 5.74) is 1.27. The number of halogens is 1. The lowest BCUT2D eigenvalue weighted by molar-refractivity contribution is 0.112. The van der Waals surface area contributed by atoms with Gasteiger partial charge in [-0.2, -0.15) is 0 Å². The Morgan fingerprint density at radius 2 is 2.17 bits per heavy atom. The summed E-state index contributed by atoms with van der Waals surface area (Å²) in [4.78, 5) is 13.1. The molecule has 0 unspecified atom stereocenters. The Bertz CT molecular complexity index is 414. The largest absolute Gasteiger partial charge is 0.384 e. The van der Waals surface area contributed by atoms with Crippen molar-refractivity contribution in [2.75, 3.05) is 31.7 Å². The molecule has 0 aliphatic carbocycles. The smallest absolute Gasteiger partial charge is 0.152 e. The molecule has 3 nitrogen and oxygen atoms in total. The normalized spacial score (nSPS) is 16.9. The van der Waals surface area contributed by atoms with Gasteiger partial charge in [-0.25, -0.2) is 4.39 Å². The van der Waals surface area contributed by atoms with E-state index < -0.39 is 0 Å². The Kier molecular flexibility index (Phi) is 4.31. The molecule has 1 saturated heterocycles. The zero-order valence-corrected chi connectivity index (χ0v) is 10.6. The number of aldehydes is 1. The molecule has 4 heteroatoms. The van der Waals surface area contributed by atoms with Gasteiger partial charge in [-0.15, -0.1) is 0 Å². The number of hydrogen-bond acceptors (Lipinski definition) is 3. The molecule has 0 spiro atoms. The van der Waals surface area contributed by atoms with Gasteiger partial charge in [0.2, 0.25) is 0 Å². The van der Waals surface area contributed by atoms with Crippen LogP contribution in [0.1, 0.15) is 23.2 Å². The predicted molar refractivity (Wildman–Crippen MR) is 68.6 cm³/mol. The topological polar surface area (TPSA) is 29.5 Å². The highest BCUT2D eigenvalue weighted by atomic mass is 19.1. The summed E-state index contributed by atoms with van der Waals surface area (Å²) in [7, 11) is 1.72. The summed E-state index contributed by atoms with van der Waals surface area (Å²) in [5.74, 6) is 0.224. The van der Waals surface area contributed by atoms with Crippen LogP contribution in [0.3, 0.4) is 0 Å². The highest BCUT2D eigenvalue weighted by Gasteiger charge is 2.20. The first-order valence-corrected chi connectivity index (χ1v) is 6.23. The van der Waals surface area contributed by atoms with Gasteiger partial charge >= 0.3 is 0 Å². The second kappa shape index (κ2) is 5.96. The minimum Gasteiger partial charge on any atom is -0.384 e. The molecule has 0 bridgehead atoms. The van der Waals surface area contributed by atoms with Crippen LogP contribution in [0.15, 0.2) is 18.2 Å². The number of benzene rings is 1. The van der Waals surface area contributed by atoms with Crippen molar-refractivity contribution >= 4 is 12.0 Å². The van der Waals surface area contributed by atoms with E-state index >= 15 is 0 Å². The van der Waals surface area contributed by atoms with E-state index in [2.05, 4.69) is 4.90 Å². The Morgan fingerprint density at radius 1 is 1.44 bits per heavy atom. The molecule has 98 valence electrons. The van der Waals surface area contributed by atoms with Gasteiger partial charge in [0.15, 0.2) is 6.29 Å². The summed E-state index contributed by atoms with van der Waals surface area (Å²) in [6.45, 7) is 2.57.